The summed E-state index contributed by atoms with van der Waals surface area (Å²) in [4.78, 5) is 26.2. The average molecular weight is 292 g/mol. The van der Waals surface area contributed by atoms with E-state index in [1.165, 1.54) is 11.0 Å². The summed E-state index contributed by atoms with van der Waals surface area (Å²) in [6, 6.07) is 0. The standard InChI is InChI=1S/C16H24N2O3/c1-7-9-18-11(3)13(15(19)17(5)6)14(12(18)4)16(20)21-10-8-2/h8H,2,7,9-10H2,1,3-6H3. The fraction of sp³-hybridized carbons (Fsp3) is 0.500. The molecule has 0 N–H and O–H groups in total. The molecule has 21 heavy (non-hydrogen) atoms. The molecule has 0 aliphatic rings. The molecule has 0 aliphatic carbocycles. The van der Waals surface area contributed by atoms with Gasteiger partial charge in [0.05, 0.1) is 11.1 Å². The molecule has 1 aromatic heterocycles. The fourth-order valence-electron chi connectivity index (χ4n) is 2.38. The van der Waals surface area contributed by atoms with Gasteiger partial charge >= 0.3 is 5.97 Å². The molecule has 0 spiro atoms. The van der Waals surface area contributed by atoms with Crippen molar-refractivity contribution in [3.8, 4) is 0 Å². The Labute approximate surface area is 126 Å². The Morgan fingerprint density at radius 3 is 2.29 bits per heavy atom. The minimum atomic E-state index is -0.476. The third-order valence-corrected chi connectivity index (χ3v) is 3.39. The van der Waals surface area contributed by atoms with E-state index in [-0.39, 0.29) is 12.5 Å². The maximum atomic E-state index is 12.4. The zero-order chi connectivity index (χ0) is 16.2. The van der Waals surface area contributed by atoms with Crippen LogP contribution in [0.4, 0.5) is 0 Å². The number of amides is 1. The maximum absolute atomic E-state index is 12.4. The molecule has 0 atom stereocenters. The summed E-state index contributed by atoms with van der Waals surface area (Å²) in [5, 5.41) is 0. The fourth-order valence-corrected chi connectivity index (χ4v) is 2.38. The number of rotatable bonds is 6. The molecule has 1 aromatic rings. The third-order valence-electron chi connectivity index (χ3n) is 3.39. The van der Waals surface area contributed by atoms with E-state index in [1.54, 1.807) is 14.1 Å². The molecule has 1 amide bonds. The molecule has 0 aromatic carbocycles. The van der Waals surface area contributed by atoms with E-state index >= 15 is 0 Å². The van der Waals surface area contributed by atoms with E-state index in [4.69, 9.17) is 4.74 Å². The zero-order valence-corrected chi connectivity index (χ0v) is 13.5. The molecular formula is C16H24N2O3. The lowest BCUT2D eigenvalue weighted by Gasteiger charge is -2.12. The van der Waals surface area contributed by atoms with E-state index in [2.05, 4.69) is 13.5 Å². The van der Waals surface area contributed by atoms with Crippen molar-refractivity contribution in [2.45, 2.75) is 33.7 Å². The van der Waals surface area contributed by atoms with Crippen LogP contribution in [0.5, 0.6) is 0 Å². The number of ether oxygens (including phenoxy) is 1. The minimum absolute atomic E-state index is 0.131. The minimum Gasteiger partial charge on any atom is -0.458 e. The van der Waals surface area contributed by atoms with Gasteiger partial charge in [-0.1, -0.05) is 19.6 Å². The molecule has 0 bridgehead atoms. The topological polar surface area (TPSA) is 51.5 Å². The second-order valence-electron chi connectivity index (χ2n) is 5.16. The van der Waals surface area contributed by atoms with Gasteiger partial charge in [0.1, 0.15) is 6.61 Å². The Kier molecular flexibility index (Phi) is 5.76. The summed E-state index contributed by atoms with van der Waals surface area (Å²) >= 11 is 0. The number of nitrogens with zero attached hydrogens (tertiary/aromatic N) is 2. The molecule has 0 fully saturated rings. The highest BCUT2D eigenvalue weighted by molar-refractivity contribution is 6.07. The molecule has 0 saturated heterocycles. The van der Waals surface area contributed by atoms with Gasteiger partial charge in [0, 0.05) is 32.0 Å². The summed E-state index contributed by atoms with van der Waals surface area (Å²) in [7, 11) is 3.35. The lowest BCUT2D eigenvalue weighted by atomic mass is 10.1. The first kappa shape index (κ1) is 17.0. The van der Waals surface area contributed by atoms with Gasteiger partial charge in [-0.3, -0.25) is 4.79 Å². The van der Waals surface area contributed by atoms with Gasteiger partial charge in [0.2, 0.25) is 0 Å². The van der Waals surface area contributed by atoms with Crippen LogP contribution in [0.1, 0.15) is 45.4 Å². The number of aromatic nitrogens is 1. The number of hydrogen-bond acceptors (Lipinski definition) is 3. The first-order valence-corrected chi connectivity index (χ1v) is 7.06. The second kappa shape index (κ2) is 7.11. The van der Waals surface area contributed by atoms with Crippen molar-refractivity contribution >= 4 is 11.9 Å². The molecular weight excluding hydrogens is 268 g/mol. The number of carbonyl (C=O) groups excluding carboxylic acids is 2. The lowest BCUT2D eigenvalue weighted by Crippen LogP contribution is -2.24. The van der Waals surface area contributed by atoms with Crippen molar-refractivity contribution < 1.29 is 14.3 Å². The van der Waals surface area contributed by atoms with E-state index in [9.17, 15) is 9.59 Å². The van der Waals surface area contributed by atoms with Crippen molar-refractivity contribution in [1.29, 1.82) is 0 Å². The highest BCUT2D eigenvalue weighted by atomic mass is 16.5. The Bertz CT molecular complexity index is 556. The largest absolute Gasteiger partial charge is 0.458 e. The van der Waals surface area contributed by atoms with E-state index < -0.39 is 5.97 Å². The molecule has 0 unspecified atom stereocenters. The van der Waals surface area contributed by atoms with Crippen molar-refractivity contribution in [3.05, 3.63) is 35.2 Å². The highest BCUT2D eigenvalue weighted by Gasteiger charge is 2.28. The third kappa shape index (κ3) is 3.35. The molecule has 1 rings (SSSR count). The molecule has 116 valence electrons. The maximum Gasteiger partial charge on any atom is 0.341 e. The van der Waals surface area contributed by atoms with Crippen LogP contribution in [0.3, 0.4) is 0 Å². The van der Waals surface area contributed by atoms with Crippen molar-refractivity contribution in [2.24, 2.45) is 0 Å². The predicted octanol–water partition coefficient (Wildman–Crippen LogP) is 2.56. The predicted molar refractivity (Wildman–Crippen MR) is 82.7 cm³/mol. The first-order valence-electron chi connectivity index (χ1n) is 7.06. The van der Waals surface area contributed by atoms with Crippen molar-refractivity contribution in [1.82, 2.24) is 9.47 Å². The Morgan fingerprint density at radius 2 is 1.81 bits per heavy atom. The summed E-state index contributed by atoms with van der Waals surface area (Å²) < 4.78 is 7.14. The van der Waals surface area contributed by atoms with Crippen LogP contribution >= 0.6 is 0 Å². The number of carbonyl (C=O) groups is 2. The van der Waals surface area contributed by atoms with Crippen molar-refractivity contribution in [3.63, 3.8) is 0 Å². The van der Waals surface area contributed by atoms with Crippen LogP contribution in [-0.2, 0) is 11.3 Å². The van der Waals surface area contributed by atoms with Crippen LogP contribution in [0.25, 0.3) is 0 Å². The van der Waals surface area contributed by atoms with Gasteiger partial charge < -0.3 is 14.2 Å². The number of esters is 1. The molecule has 0 radical (unpaired) electrons. The quantitative estimate of drug-likeness (QED) is 0.598. The smallest absolute Gasteiger partial charge is 0.341 e. The van der Waals surface area contributed by atoms with Gasteiger partial charge in [-0.25, -0.2) is 4.79 Å². The molecule has 5 heteroatoms. The van der Waals surface area contributed by atoms with Gasteiger partial charge in [-0.15, -0.1) is 0 Å². The summed E-state index contributed by atoms with van der Waals surface area (Å²) in [5.74, 6) is -0.661. The average Bonchev–Trinajstić information content (AvgIpc) is 2.68. The van der Waals surface area contributed by atoms with Gasteiger partial charge in [0.25, 0.3) is 5.91 Å². The Morgan fingerprint density at radius 1 is 1.24 bits per heavy atom. The van der Waals surface area contributed by atoms with E-state index in [0.29, 0.717) is 11.1 Å². The van der Waals surface area contributed by atoms with Crippen LogP contribution in [0.15, 0.2) is 12.7 Å². The van der Waals surface area contributed by atoms with Crippen LogP contribution in [0.2, 0.25) is 0 Å². The summed E-state index contributed by atoms with van der Waals surface area (Å²) in [6.07, 6.45) is 2.43. The van der Waals surface area contributed by atoms with Gasteiger partial charge in [0.15, 0.2) is 0 Å². The van der Waals surface area contributed by atoms with Crippen molar-refractivity contribution in [2.75, 3.05) is 20.7 Å². The van der Waals surface area contributed by atoms with E-state index in [1.807, 2.05) is 18.4 Å². The highest BCUT2D eigenvalue weighted by Crippen LogP contribution is 2.25. The normalized spacial score (nSPS) is 10.3. The van der Waals surface area contributed by atoms with Gasteiger partial charge in [-0.05, 0) is 20.3 Å². The van der Waals surface area contributed by atoms with Gasteiger partial charge in [-0.2, -0.15) is 0 Å². The Hall–Kier alpha value is -2.04. The summed E-state index contributed by atoms with van der Waals surface area (Å²) in [6.45, 7) is 10.2. The molecule has 0 saturated carbocycles. The zero-order valence-electron chi connectivity index (χ0n) is 13.5. The first-order chi connectivity index (χ1) is 9.86. The Balaban J connectivity index is 3.44. The SMILES string of the molecule is C=CCOC(=O)c1c(C(=O)N(C)C)c(C)n(CCC)c1C. The lowest BCUT2D eigenvalue weighted by molar-refractivity contribution is 0.0543. The number of hydrogen-bond donors (Lipinski definition) is 0. The second-order valence-corrected chi connectivity index (χ2v) is 5.16. The van der Waals surface area contributed by atoms with Crippen LogP contribution in [-0.4, -0.2) is 42.0 Å². The van der Waals surface area contributed by atoms with Crippen LogP contribution in [0, 0.1) is 13.8 Å². The van der Waals surface area contributed by atoms with E-state index in [0.717, 1.165) is 24.4 Å². The van der Waals surface area contributed by atoms with Crippen LogP contribution < -0.4 is 0 Å². The molecule has 0 aliphatic heterocycles. The summed E-state index contributed by atoms with van der Waals surface area (Å²) in [5.41, 5.74) is 2.37. The monoisotopic (exact) mass is 292 g/mol. The molecule has 5 nitrogen and oxygen atoms in total. The molecule has 1 heterocycles.